The number of hydrogen-bond acceptors (Lipinski definition) is 15. The molecule has 156 valence electrons. The minimum Gasteiger partial charge on any atom is -0.356 e. The van der Waals surface area contributed by atoms with E-state index in [1.165, 1.54) is 0 Å². The molecular formula is C6H24IrN9O9. The predicted octanol–water partition coefficient (Wildman–Crippen LogP) is -4.01. The van der Waals surface area contributed by atoms with Crippen LogP contribution in [-0.2, 0) is 20.1 Å². The fraction of sp³-hybridized carbons (Fsp3) is 1.00. The molecule has 0 aliphatic rings. The average Bonchev–Trinajstić information content (AvgIpc) is 2.45. The first-order valence-corrected chi connectivity index (χ1v) is 5.59. The van der Waals surface area contributed by atoms with E-state index in [1.807, 2.05) is 0 Å². The average molecular weight is 559 g/mol. The van der Waals surface area contributed by atoms with Gasteiger partial charge in [-0.1, -0.05) is 0 Å². The normalized spacial score (nSPS) is 6.48. The number of rotatable bonds is 3. The Kier molecular flexibility index (Phi) is 99.9. The van der Waals surface area contributed by atoms with Gasteiger partial charge in [0.15, 0.2) is 0 Å². The molecule has 0 spiro atoms. The van der Waals surface area contributed by atoms with Gasteiger partial charge in [-0.15, -0.1) is 0 Å². The molecule has 25 heavy (non-hydrogen) atoms. The van der Waals surface area contributed by atoms with Crippen molar-refractivity contribution in [2.24, 2.45) is 34.4 Å². The van der Waals surface area contributed by atoms with Crippen molar-refractivity contribution in [3.8, 4) is 0 Å². The zero-order valence-corrected chi connectivity index (χ0v) is 15.5. The maximum atomic E-state index is 8.25. The summed E-state index contributed by atoms with van der Waals surface area (Å²) in [6, 6.07) is 0. The van der Waals surface area contributed by atoms with E-state index < -0.39 is 15.3 Å². The third kappa shape index (κ3) is 8650. The van der Waals surface area contributed by atoms with Gasteiger partial charge in [0, 0.05) is 39.3 Å². The van der Waals surface area contributed by atoms with Gasteiger partial charge in [0.05, 0.1) is 15.3 Å². The van der Waals surface area contributed by atoms with E-state index in [0.29, 0.717) is 39.3 Å². The summed E-state index contributed by atoms with van der Waals surface area (Å²) in [6.45, 7) is 3.58. The summed E-state index contributed by atoms with van der Waals surface area (Å²) >= 11 is 0. The van der Waals surface area contributed by atoms with Gasteiger partial charge in [-0.25, -0.2) is 0 Å². The van der Waals surface area contributed by atoms with Gasteiger partial charge in [0.1, 0.15) is 0 Å². The van der Waals surface area contributed by atoms with Crippen molar-refractivity contribution in [1.29, 1.82) is 0 Å². The molecule has 0 aliphatic carbocycles. The molecule has 0 aliphatic heterocycles. The van der Waals surface area contributed by atoms with Crippen molar-refractivity contribution < 1.29 is 35.4 Å². The zero-order valence-electron chi connectivity index (χ0n) is 13.1. The topological polar surface area (TPSA) is 355 Å². The molecule has 18 nitrogen and oxygen atoms in total. The monoisotopic (exact) mass is 559 g/mol. The van der Waals surface area contributed by atoms with Crippen LogP contribution in [0.5, 0.6) is 0 Å². The Balaban J connectivity index is -0.0000000309. The Morgan fingerprint density at radius 1 is 0.440 bits per heavy atom. The first-order chi connectivity index (χ1) is 10.9. The molecule has 0 saturated carbocycles. The van der Waals surface area contributed by atoms with Crippen molar-refractivity contribution in [3.63, 3.8) is 0 Å². The van der Waals surface area contributed by atoms with Crippen LogP contribution in [-0.4, -0.2) is 54.5 Å². The van der Waals surface area contributed by atoms with E-state index in [1.54, 1.807) is 0 Å². The van der Waals surface area contributed by atoms with Crippen LogP contribution in [0.15, 0.2) is 0 Å². The predicted molar refractivity (Wildman–Crippen MR) is 85.4 cm³/mol. The third-order valence-electron chi connectivity index (χ3n) is 0.500. The fourth-order valence-corrected chi connectivity index (χ4v) is 0. The second kappa shape index (κ2) is 57.4. The van der Waals surface area contributed by atoms with Crippen molar-refractivity contribution in [3.05, 3.63) is 46.0 Å². The van der Waals surface area contributed by atoms with Crippen LogP contribution in [0.25, 0.3) is 0 Å². The largest absolute Gasteiger partial charge is 3.00 e. The van der Waals surface area contributed by atoms with Crippen molar-refractivity contribution in [1.82, 2.24) is 0 Å². The van der Waals surface area contributed by atoms with E-state index in [-0.39, 0.29) is 20.1 Å². The molecule has 19 heteroatoms. The maximum Gasteiger partial charge on any atom is 3.00 e. The van der Waals surface area contributed by atoms with Gasteiger partial charge in [-0.05, 0) is 0 Å². The van der Waals surface area contributed by atoms with Gasteiger partial charge in [0.25, 0.3) is 0 Å². The van der Waals surface area contributed by atoms with Gasteiger partial charge < -0.3 is 80.4 Å². The van der Waals surface area contributed by atoms with Crippen LogP contribution in [0.3, 0.4) is 0 Å². The summed E-state index contributed by atoms with van der Waals surface area (Å²) in [4.78, 5) is 24.8. The van der Waals surface area contributed by atoms with Gasteiger partial charge in [0.2, 0.25) is 0 Å². The Labute approximate surface area is 155 Å². The summed E-state index contributed by atoms with van der Waals surface area (Å²) in [5, 5.41) is 44.2. The van der Waals surface area contributed by atoms with E-state index in [2.05, 4.69) is 0 Å². The Bertz CT molecular complexity index is 196. The summed E-state index contributed by atoms with van der Waals surface area (Å²) in [7, 11) is 0. The molecule has 0 rings (SSSR count). The first-order valence-electron chi connectivity index (χ1n) is 5.59. The van der Waals surface area contributed by atoms with E-state index in [0.717, 1.165) is 0 Å². The number of hydrogen-bond donors (Lipinski definition) is 6. The van der Waals surface area contributed by atoms with Gasteiger partial charge in [-0.3, -0.25) is 0 Å². The summed E-state index contributed by atoms with van der Waals surface area (Å²) in [5.74, 6) is 0. The molecule has 0 saturated heterocycles. The second-order valence-corrected chi connectivity index (χ2v) is 2.40. The van der Waals surface area contributed by atoms with E-state index >= 15 is 0 Å². The van der Waals surface area contributed by atoms with E-state index in [4.69, 9.17) is 80.4 Å². The Morgan fingerprint density at radius 3 is 0.480 bits per heavy atom. The maximum absolute atomic E-state index is 8.25. The SMILES string of the molecule is NCCN.NCCN.NCCN.O=[N+]([O-])[O-].O=[N+]([O-])[O-].O=[N+]([O-])[O-].[Ir+3]. The summed E-state index contributed by atoms with van der Waals surface area (Å²) < 4.78 is 0. The molecule has 12 N–H and O–H groups in total. The van der Waals surface area contributed by atoms with Crippen LogP contribution in [0.1, 0.15) is 0 Å². The minimum atomic E-state index is -1.75. The Hall–Kier alpha value is -1.99. The molecule has 0 atom stereocenters. The first kappa shape index (κ1) is 43.5. The van der Waals surface area contributed by atoms with Gasteiger partial charge >= 0.3 is 20.1 Å². The van der Waals surface area contributed by atoms with Crippen LogP contribution in [0.2, 0.25) is 0 Å². The van der Waals surface area contributed by atoms with Crippen LogP contribution < -0.4 is 34.4 Å². The minimum absolute atomic E-state index is 0. The number of nitrogens with zero attached hydrogens (tertiary/aromatic N) is 3. The molecule has 0 bridgehead atoms. The molecule has 0 aromatic rings. The van der Waals surface area contributed by atoms with Gasteiger partial charge in [-0.2, -0.15) is 0 Å². The summed E-state index contributed by atoms with van der Waals surface area (Å²) in [5.41, 5.74) is 29.4. The smallest absolute Gasteiger partial charge is 0.356 e. The molecule has 0 unspecified atom stereocenters. The second-order valence-electron chi connectivity index (χ2n) is 2.40. The standard InChI is InChI=1S/3C2H8N2.Ir.3NO3/c3*3-1-2-4;;3*2-1(3)4/h3*1-4H2;;;;/q;;;+3;3*-1. The molecule has 0 aromatic carbocycles. The van der Waals surface area contributed by atoms with Crippen molar-refractivity contribution >= 4 is 0 Å². The molecule has 0 amide bonds. The molecule has 0 heterocycles. The van der Waals surface area contributed by atoms with Crippen LogP contribution in [0.4, 0.5) is 0 Å². The molecular weight excluding hydrogens is 534 g/mol. The molecule has 0 radical (unpaired) electrons. The van der Waals surface area contributed by atoms with Crippen molar-refractivity contribution in [2.75, 3.05) is 39.3 Å². The quantitative estimate of drug-likeness (QED) is 0.142. The summed E-state index contributed by atoms with van der Waals surface area (Å²) in [6.07, 6.45) is 0. The Morgan fingerprint density at radius 2 is 0.480 bits per heavy atom. The molecule has 0 fully saturated rings. The van der Waals surface area contributed by atoms with Crippen LogP contribution in [0, 0.1) is 46.0 Å². The van der Waals surface area contributed by atoms with Crippen LogP contribution >= 0.6 is 0 Å². The molecule has 0 aromatic heterocycles. The zero-order chi connectivity index (χ0) is 21.0. The number of nitrogens with two attached hydrogens (primary N) is 6. The third-order valence-corrected chi connectivity index (χ3v) is 0.500. The van der Waals surface area contributed by atoms with E-state index in [9.17, 15) is 0 Å². The fourth-order valence-electron chi connectivity index (χ4n) is 0. The van der Waals surface area contributed by atoms with Crippen molar-refractivity contribution in [2.45, 2.75) is 0 Å².